The van der Waals surface area contributed by atoms with E-state index < -0.39 is 23.5 Å². The monoisotopic (exact) mass is 421 g/mol. The second-order valence-electron chi connectivity index (χ2n) is 6.84. The van der Waals surface area contributed by atoms with E-state index in [2.05, 4.69) is 10.3 Å². The molecule has 8 heteroatoms. The Kier molecular flexibility index (Phi) is 5.58. The van der Waals surface area contributed by atoms with Crippen LogP contribution >= 0.6 is 11.3 Å². The molecule has 1 atom stereocenters. The third-order valence-electron chi connectivity index (χ3n) is 4.80. The van der Waals surface area contributed by atoms with Crippen LogP contribution in [0.3, 0.4) is 0 Å². The lowest BCUT2D eigenvalue weighted by molar-refractivity contribution is -0.149. The second-order valence-corrected chi connectivity index (χ2v) is 7.82. The highest BCUT2D eigenvalue weighted by Crippen LogP contribution is 2.30. The maximum Gasteiger partial charge on any atom is 0.418 e. The van der Waals surface area contributed by atoms with Gasteiger partial charge in [0.1, 0.15) is 5.01 Å². The Labute approximate surface area is 177 Å². The normalized spacial score (nSPS) is 18.3. The van der Waals surface area contributed by atoms with Crippen molar-refractivity contribution < 1.29 is 19.1 Å². The van der Waals surface area contributed by atoms with Crippen LogP contribution in [0, 0.1) is 0 Å². The number of nitrogens with zero attached hydrogens (tertiary/aromatic N) is 2. The summed E-state index contributed by atoms with van der Waals surface area (Å²) >= 11 is 1.39. The van der Waals surface area contributed by atoms with E-state index in [9.17, 15) is 14.4 Å². The van der Waals surface area contributed by atoms with Gasteiger partial charge < -0.3 is 10.1 Å². The molecule has 7 nitrogen and oxygen atoms in total. The summed E-state index contributed by atoms with van der Waals surface area (Å²) in [5, 5.41) is 5.19. The lowest BCUT2D eigenvalue weighted by atomic mass is 9.92. The Morgan fingerprint density at radius 1 is 1.03 bits per heavy atom. The van der Waals surface area contributed by atoms with Crippen LogP contribution in [0.1, 0.15) is 16.1 Å². The molecule has 0 aliphatic carbocycles. The number of imide groups is 1. The number of rotatable bonds is 7. The van der Waals surface area contributed by atoms with Gasteiger partial charge in [0.2, 0.25) is 0 Å². The van der Waals surface area contributed by atoms with Gasteiger partial charge in [-0.05, 0) is 11.1 Å². The molecule has 1 saturated heterocycles. The smallest absolute Gasteiger partial charge is 0.418 e. The zero-order chi connectivity index (χ0) is 21.0. The third-order valence-corrected chi connectivity index (χ3v) is 5.58. The summed E-state index contributed by atoms with van der Waals surface area (Å²) in [6, 6.07) is 18.1. The molecule has 3 aromatic rings. The lowest BCUT2D eigenvalue weighted by Gasteiger charge is -2.24. The molecule has 0 unspecified atom stereocenters. The first-order valence-electron chi connectivity index (χ1n) is 9.38. The van der Waals surface area contributed by atoms with Gasteiger partial charge in [0.25, 0.3) is 17.4 Å². The van der Waals surface area contributed by atoms with Gasteiger partial charge in [-0.15, -0.1) is 11.3 Å². The van der Waals surface area contributed by atoms with E-state index >= 15 is 0 Å². The van der Waals surface area contributed by atoms with Gasteiger partial charge in [-0.25, -0.2) is 14.7 Å². The molecule has 2 aromatic carbocycles. The highest BCUT2D eigenvalue weighted by atomic mass is 32.1. The van der Waals surface area contributed by atoms with Crippen molar-refractivity contribution in [1.82, 2.24) is 15.2 Å². The fourth-order valence-corrected chi connectivity index (χ4v) is 3.86. The molecule has 4 rings (SSSR count). The molecule has 0 saturated carbocycles. The molecule has 1 aliphatic rings. The number of carbonyl (C=O) groups excluding carboxylic acids is 3. The fourth-order valence-electron chi connectivity index (χ4n) is 3.31. The van der Waals surface area contributed by atoms with Gasteiger partial charge in [0, 0.05) is 18.0 Å². The summed E-state index contributed by atoms with van der Waals surface area (Å²) in [5.41, 5.74) is -0.476. The molecule has 152 valence electrons. The molecule has 1 aromatic heterocycles. The van der Waals surface area contributed by atoms with Crippen molar-refractivity contribution in [3.05, 3.63) is 88.4 Å². The quantitative estimate of drug-likeness (QED) is 0.593. The van der Waals surface area contributed by atoms with Crippen molar-refractivity contribution in [3.8, 4) is 0 Å². The van der Waals surface area contributed by atoms with Crippen LogP contribution in [0.15, 0.2) is 72.2 Å². The zero-order valence-electron chi connectivity index (χ0n) is 16.0. The first kappa shape index (κ1) is 19.8. The Hall–Kier alpha value is -3.52. The number of hydrogen-bond acceptors (Lipinski definition) is 6. The van der Waals surface area contributed by atoms with E-state index in [1.807, 2.05) is 24.3 Å². The highest BCUT2D eigenvalue weighted by Gasteiger charge is 2.59. The molecule has 1 fully saturated rings. The second kappa shape index (κ2) is 8.46. The molecular formula is C22H19N3O4S. The maximum absolute atomic E-state index is 13.4. The van der Waals surface area contributed by atoms with Crippen molar-refractivity contribution in [1.29, 1.82) is 0 Å². The molecule has 1 aliphatic heterocycles. The number of thiazole rings is 1. The van der Waals surface area contributed by atoms with Gasteiger partial charge in [0.15, 0.2) is 0 Å². The minimum atomic E-state index is -1.95. The van der Waals surface area contributed by atoms with E-state index in [1.165, 1.54) is 11.3 Å². The molecule has 0 bridgehead atoms. The van der Waals surface area contributed by atoms with Crippen LogP contribution < -0.4 is 5.32 Å². The number of carbonyl (C=O) groups is 3. The van der Waals surface area contributed by atoms with Crippen LogP contribution in [0.2, 0.25) is 0 Å². The summed E-state index contributed by atoms with van der Waals surface area (Å²) in [4.78, 5) is 44.3. The largest absolute Gasteiger partial charge is 0.422 e. The van der Waals surface area contributed by atoms with Crippen molar-refractivity contribution >= 4 is 29.2 Å². The average Bonchev–Trinajstić information content (AvgIpc) is 3.37. The number of hydrogen-bond donors (Lipinski definition) is 1. The number of cyclic esters (lactones) is 1. The number of benzene rings is 2. The van der Waals surface area contributed by atoms with Crippen molar-refractivity contribution in [2.75, 3.05) is 0 Å². The van der Waals surface area contributed by atoms with E-state index in [-0.39, 0.29) is 19.5 Å². The van der Waals surface area contributed by atoms with Gasteiger partial charge >= 0.3 is 6.09 Å². The molecule has 0 spiro atoms. The standard InChI is InChI=1S/C22H19N3O4S/c26-19(24-14-18-23-11-12-30-18)22(13-16-7-3-1-4-8-16)20(27)25(21(28)29-22)15-17-9-5-2-6-10-17/h1-12H,13-15H2,(H,24,26)/t22-/m1/s1. The lowest BCUT2D eigenvalue weighted by Crippen LogP contribution is -2.54. The molecule has 30 heavy (non-hydrogen) atoms. The average molecular weight is 421 g/mol. The predicted octanol–water partition coefficient (Wildman–Crippen LogP) is 2.92. The van der Waals surface area contributed by atoms with E-state index in [0.717, 1.165) is 10.5 Å². The van der Waals surface area contributed by atoms with E-state index in [1.54, 1.807) is 48.0 Å². The van der Waals surface area contributed by atoms with Crippen molar-refractivity contribution in [2.24, 2.45) is 0 Å². The SMILES string of the molecule is O=C1O[C@](Cc2ccccc2)(C(=O)NCc2nccs2)C(=O)N1Cc1ccccc1. The Morgan fingerprint density at radius 3 is 2.33 bits per heavy atom. The van der Waals surface area contributed by atoms with Crippen LogP contribution in [0.5, 0.6) is 0 Å². The summed E-state index contributed by atoms with van der Waals surface area (Å²) < 4.78 is 5.49. The Balaban J connectivity index is 1.61. The first-order valence-corrected chi connectivity index (χ1v) is 10.3. The van der Waals surface area contributed by atoms with Gasteiger partial charge in [-0.3, -0.25) is 9.59 Å². The van der Waals surface area contributed by atoms with Crippen molar-refractivity contribution in [2.45, 2.75) is 25.1 Å². The Morgan fingerprint density at radius 2 is 1.70 bits per heavy atom. The number of ether oxygens (including phenoxy) is 1. The predicted molar refractivity (Wildman–Crippen MR) is 110 cm³/mol. The van der Waals surface area contributed by atoms with Crippen LogP contribution in [-0.2, 0) is 33.8 Å². The summed E-state index contributed by atoms with van der Waals surface area (Å²) in [7, 11) is 0. The van der Waals surface area contributed by atoms with Gasteiger partial charge in [-0.2, -0.15) is 0 Å². The third kappa shape index (κ3) is 3.95. The maximum atomic E-state index is 13.4. The minimum Gasteiger partial charge on any atom is -0.422 e. The first-order chi connectivity index (χ1) is 14.6. The topological polar surface area (TPSA) is 88.6 Å². The molecule has 1 N–H and O–H groups in total. The van der Waals surface area contributed by atoms with Gasteiger partial charge in [-0.1, -0.05) is 60.7 Å². The fraction of sp³-hybridized carbons (Fsp3) is 0.182. The number of nitrogens with one attached hydrogen (secondary N) is 1. The zero-order valence-corrected chi connectivity index (χ0v) is 16.8. The van der Waals surface area contributed by atoms with Crippen molar-refractivity contribution in [3.63, 3.8) is 0 Å². The summed E-state index contributed by atoms with van der Waals surface area (Å²) in [6.07, 6.45) is 0.756. The van der Waals surface area contributed by atoms with Gasteiger partial charge in [0.05, 0.1) is 13.1 Å². The summed E-state index contributed by atoms with van der Waals surface area (Å²) in [6.45, 7) is 0.186. The molecular weight excluding hydrogens is 402 g/mol. The van der Waals surface area contributed by atoms with Crippen LogP contribution in [0.25, 0.3) is 0 Å². The number of amides is 3. The highest BCUT2D eigenvalue weighted by molar-refractivity contribution is 7.09. The van der Waals surface area contributed by atoms with Crippen LogP contribution in [0.4, 0.5) is 4.79 Å². The molecule has 2 heterocycles. The van der Waals surface area contributed by atoms with Crippen LogP contribution in [-0.4, -0.2) is 33.4 Å². The Bertz CT molecular complexity index is 1040. The molecule has 0 radical (unpaired) electrons. The number of aromatic nitrogens is 1. The van der Waals surface area contributed by atoms with E-state index in [0.29, 0.717) is 10.6 Å². The van der Waals surface area contributed by atoms with E-state index in [4.69, 9.17) is 4.74 Å². The summed E-state index contributed by atoms with van der Waals surface area (Å²) in [5.74, 6) is -1.33. The minimum absolute atomic E-state index is 0.0365. The molecule has 3 amide bonds.